The fraction of sp³-hybridized carbons (Fsp3) is 0.846. The summed E-state index contributed by atoms with van der Waals surface area (Å²) in [5, 5.41) is 26.8. The summed E-state index contributed by atoms with van der Waals surface area (Å²) < 4.78 is 12.6. The zero-order valence-corrected chi connectivity index (χ0v) is 20.3. The molecule has 0 amide bonds. The minimum atomic E-state index is -0.843. The molecule has 4 saturated carbocycles. The lowest BCUT2D eigenvalue weighted by Gasteiger charge is -2.65. The van der Waals surface area contributed by atoms with Crippen LogP contribution < -0.4 is 0 Å². The van der Waals surface area contributed by atoms with Gasteiger partial charge in [-0.05, 0) is 110 Å². The Kier molecular flexibility index (Phi) is 5.62. The monoisotopic (exact) mass is 448 g/mol. The molecule has 4 aliphatic carbocycles. The summed E-state index contributed by atoms with van der Waals surface area (Å²) in [6, 6.07) is 2.11. The maximum absolute atomic E-state index is 12.2. The average molecular weight is 449 g/mol. The van der Waals surface area contributed by atoms with Gasteiger partial charge in [-0.2, -0.15) is 11.3 Å². The van der Waals surface area contributed by atoms with Crippen molar-refractivity contribution in [3.8, 4) is 0 Å². The van der Waals surface area contributed by atoms with Crippen LogP contribution in [0, 0.1) is 28.6 Å². The van der Waals surface area contributed by atoms with Gasteiger partial charge in [-0.25, -0.2) is 0 Å². The number of hydrogen-bond acceptors (Lipinski definition) is 5. The summed E-state index contributed by atoms with van der Waals surface area (Å²) in [5.41, 5.74) is -0.178. The van der Waals surface area contributed by atoms with E-state index in [9.17, 15) is 10.2 Å². The molecule has 0 radical (unpaired) electrons. The summed E-state index contributed by atoms with van der Waals surface area (Å²) in [4.78, 5) is 0. The molecule has 5 heteroatoms. The van der Waals surface area contributed by atoms with Crippen molar-refractivity contribution in [1.82, 2.24) is 0 Å². The molecule has 4 fully saturated rings. The lowest BCUT2D eigenvalue weighted by atomic mass is 9.42. The number of fused-ring (bicyclic) bond motifs is 5. The summed E-state index contributed by atoms with van der Waals surface area (Å²) in [5.74, 6) is 1.65. The Morgan fingerprint density at radius 3 is 2.65 bits per heavy atom. The first kappa shape index (κ1) is 22.3. The van der Waals surface area contributed by atoms with Crippen molar-refractivity contribution in [1.29, 1.82) is 0 Å². The maximum Gasteiger partial charge on any atom is 0.147 e. The van der Waals surface area contributed by atoms with E-state index in [1.165, 1.54) is 6.42 Å². The van der Waals surface area contributed by atoms with Gasteiger partial charge in [0.15, 0.2) is 0 Å². The molecule has 31 heavy (non-hydrogen) atoms. The minimum absolute atomic E-state index is 0.123. The standard InChI is InChI=1S/C26H40O4S/c1-4-29-17-30-26-13-12-25(28,19-9-14-31-16-19)24(26,3)11-8-21-22(26)6-5-18-15-20(27)7-10-23(18,21)2/h9,14,16,18,20-22,27-28H,4-8,10-13,15,17H2,1-3H3/t18?,20?,21-,22-,23+,24-,25?,26-/m1/s1. The van der Waals surface area contributed by atoms with Gasteiger partial charge in [-0.3, -0.25) is 0 Å². The van der Waals surface area contributed by atoms with Gasteiger partial charge in [0.05, 0.1) is 17.3 Å². The fourth-order valence-electron chi connectivity index (χ4n) is 8.72. The van der Waals surface area contributed by atoms with Crippen molar-refractivity contribution in [3.63, 3.8) is 0 Å². The van der Waals surface area contributed by atoms with Gasteiger partial charge in [0, 0.05) is 12.0 Å². The Morgan fingerprint density at radius 2 is 1.90 bits per heavy atom. The molecule has 1 heterocycles. The molecule has 174 valence electrons. The number of ether oxygens (including phenoxy) is 2. The van der Waals surface area contributed by atoms with Crippen molar-refractivity contribution in [2.45, 2.75) is 95.9 Å². The first-order valence-corrected chi connectivity index (χ1v) is 13.4. The van der Waals surface area contributed by atoms with E-state index in [1.54, 1.807) is 11.3 Å². The molecule has 2 N–H and O–H groups in total. The fourth-order valence-corrected chi connectivity index (χ4v) is 9.44. The number of aliphatic hydroxyl groups excluding tert-OH is 1. The lowest BCUT2D eigenvalue weighted by Crippen LogP contribution is -2.65. The highest BCUT2D eigenvalue weighted by Crippen LogP contribution is 2.72. The summed E-state index contributed by atoms with van der Waals surface area (Å²) in [7, 11) is 0. The van der Waals surface area contributed by atoms with Crippen molar-refractivity contribution in [2.24, 2.45) is 28.6 Å². The van der Waals surface area contributed by atoms with Gasteiger partial charge in [-0.15, -0.1) is 0 Å². The Labute approximate surface area is 191 Å². The molecule has 0 saturated heterocycles. The van der Waals surface area contributed by atoms with E-state index in [1.807, 2.05) is 6.92 Å². The highest BCUT2D eigenvalue weighted by Gasteiger charge is 2.73. The van der Waals surface area contributed by atoms with Crippen LogP contribution in [0.25, 0.3) is 0 Å². The second-order valence-corrected chi connectivity index (χ2v) is 12.1. The molecule has 3 unspecified atom stereocenters. The van der Waals surface area contributed by atoms with Crippen LogP contribution in [0.3, 0.4) is 0 Å². The van der Waals surface area contributed by atoms with E-state index in [0.717, 1.165) is 56.9 Å². The predicted molar refractivity (Wildman–Crippen MR) is 123 cm³/mol. The minimum Gasteiger partial charge on any atom is -0.393 e. The van der Waals surface area contributed by atoms with E-state index >= 15 is 0 Å². The van der Waals surface area contributed by atoms with Gasteiger partial charge in [-0.1, -0.05) is 13.8 Å². The van der Waals surface area contributed by atoms with Crippen LogP contribution in [-0.4, -0.2) is 35.3 Å². The molecule has 1 aromatic heterocycles. The maximum atomic E-state index is 12.2. The molecule has 4 nitrogen and oxygen atoms in total. The molecule has 0 aliphatic heterocycles. The predicted octanol–water partition coefficient (Wildman–Crippen LogP) is 5.47. The summed E-state index contributed by atoms with van der Waals surface area (Å²) >= 11 is 1.67. The second kappa shape index (κ2) is 7.80. The van der Waals surface area contributed by atoms with Crippen molar-refractivity contribution in [2.75, 3.05) is 13.4 Å². The molecule has 4 aliphatic rings. The Morgan fingerprint density at radius 1 is 1.06 bits per heavy atom. The van der Waals surface area contributed by atoms with Crippen molar-refractivity contribution >= 4 is 11.3 Å². The van der Waals surface area contributed by atoms with Crippen LogP contribution in [0.15, 0.2) is 16.8 Å². The molecule has 0 spiro atoms. The van der Waals surface area contributed by atoms with Crippen LogP contribution >= 0.6 is 11.3 Å². The van der Waals surface area contributed by atoms with Crippen molar-refractivity contribution in [3.05, 3.63) is 22.4 Å². The largest absolute Gasteiger partial charge is 0.393 e. The number of hydrogen-bond donors (Lipinski definition) is 2. The molecular formula is C26H40O4S. The molecule has 5 rings (SSSR count). The van der Waals surface area contributed by atoms with Crippen LogP contribution in [0.4, 0.5) is 0 Å². The smallest absolute Gasteiger partial charge is 0.147 e. The number of thiophene rings is 1. The van der Waals surface area contributed by atoms with E-state index < -0.39 is 5.60 Å². The van der Waals surface area contributed by atoms with Gasteiger partial charge >= 0.3 is 0 Å². The van der Waals surface area contributed by atoms with E-state index in [0.29, 0.717) is 31.2 Å². The first-order valence-electron chi connectivity index (χ1n) is 12.5. The van der Waals surface area contributed by atoms with Gasteiger partial charge < -0.3 is 19.7 Å². The van der Waals surface area contributed by atoms with Crippen LogP contribution in [0.5, 0.6) is 0 Å². The molecule has 8 atom stereocenters. The van der Waals surface area contributed by atoms with E-state index in [-0.39, 0.29) is 22.5 Å². The topological polar surface area (TPSA) is 58.9 Å². The van der Waals surface area contributed by atoms with Gasteiger partial charge in [0.2, 0.25) is 0 Å². The molecular weight excluding hydrogens is 408 g/mol. The van der Waals surface area contributed by atoms with Gasteiger partial charge in [0.1, 0.15) is 6.79 Å². The normalized spacial score (nSPS) is 49.3. The number of aliphatic hydroxyl groups is 2. The second-order valence-electron chi connectivity index (χ2n) is 11.3. The number of rotatable bonds is 5. The Balaban J connectivity index is 1.55. The SMILES string of the molecule is CCOCO[C@@]12CCC(O)(c3ccsc3)[C@@]1(C)CC[C@@H]1[C@H]2CCC2CC(O)CC[C@@]21C. The Bertz CT molecular complexity index is 782. The zero-order valence-electron chi connectivity index (χ0n) is 19.4. The molecule has 0 bridgehead atoms. The molecule has 1 aromatic rings. The van der Waals surface area contributed by atoms with Crippen LogP contribution in [0.2, 0.25) is 0 Å². The molecule has 0 aromatic carbocycles. The quantitative estimate of drug-likeness (QED) is 0.463. The highest BCUT2D eigenvalue weighted by atomic mass is 32.1. The Hall–Kier alpha value is -0.460. The van der Waals surface area contributed by atoms with Crippen molar-refractivity contribution < 1.29 is 19.7 Å². The van der Waals surface area contributed by atoms with Gasteiger partial charge in [0.25, 0.3) is 0 Å². The third-order valence-corrected chi connectivity index (χ3v) is 11.2. The van der Waals surface area contributed by atoms with E-state index in [4.69, 9.17) is 9.47 Å². The van der Waals surface area contributed by atoms with Crippen LogP contribution in [0.1, 0.15) is 84.1 Å². The summed E-state index contributed by atoms with van der Waals surface area (Å²) in [6.45, 7) is 7.78. The third-order valence-electron chi connectivity index (χ3n) is 10.5. The zero-order chi connectivity index (χ0) is 21.9. The van der Waals surface area contributed by atoms with E-state index in [2.05, 4.69) is 30.7 Å². The average Bonchev–Trinajstić information content (AvgIpc) is 3.36. The third kappa shape index (κ3) is 2.99. The lowest BCUT2D eigenvalue weighted by molar-refractivity contribution is -0.280. The summed E-state index contributed by atoms with van der Waals surface area (Å²) in [6.07, 6.45) is 8.98. The highest BCUT2D eigenvalue weighted by molar-refractivity contribution is 7.08. The first-order chi connectivity index (χ1) is 14.8. The van der Waals surface area contributed by atoms with Crippen LogP contribution in [-0.2, 0) is 15.1 Å².